The zero-order chi connectivity index (χ0) is 25.3. The summed E-state index contributed by atoms with van der Waals surface area (Å²) in [7, 11) is 0. The number of amides is 4. The van der Waals surface area contributed by atoms with Crippen molar-refractivity contribution in [2.45, 2.75) is 25.4 Å². The van der Waals surface area contributed by atoms with Crippen LogP contribution in [0.5, 0.6) is 11.5 Å². The summed E-state index contributed by atoms with van der Waals surface area (Å²) in [6.45, 7) is 3.97. The minimum absolute atomic E-state index is 0.299. The zero-order valence-electron chi connectivity index (χ0n) is 20.1. The number of hydrogen-bond donors (Lipinski definition) is 2. The third-order valence-electron chi connectivity index (χ3n) is 6.59. The standard InChI is InChI=1S/C28H27N3O5/c1-18(19-8-10-21(11-9-19)20-6-4-3-5-7-20)29-25(32)17-31-26(33)28(2,30-27(31)34)22-12-13-23-24(16-22)36-15-14-35-23/h3-13,16,18H,14-15,17H2,1-2H3,(H,29,32)(H,30,34)/t18-,28+/m1/s1. The number of benzene rings is 3. The van der Waals surface area contributed by atoms with Gasteiger partial charge in [0, 0.05) is 0 Å². The summed E-state index contributed by atoms with van der Waals surface area (Å²) in [6.07, 6.45) is 0. The first-order valence-corrected chi connectivity index (χ1v) is 11.8. The number of nitrogens with one attached hydrogen (secondary N) is 2. The monoisotopic (exact) mass is 485 g/mol. The number of urea groups is 1. The number of rotatable bonds is 6. The summed E-state index contributed by atoms with van der Waals surface area (Å²) in [6, 6.07) is 22.2. The smallest absolute Gasteiger partial charge is 0.325 e. The molecule has 3 aromatic rings. The lowest BCUT2D eigenvalue weighted by molar-refractivity contribution is -0.135. The molecule has 0 radical (unpaired) electrons. The van der Waals surface area contributed by atoms with Crippen LogP contribution in [-0.2, 0) is 15.1 Å². The Hall–Kier alpha value is -4.33. The molecule has 0 spiro atoms. The molecule has 0 unspecified atom stereocenters. The molecule has 0 aliphatic carbocycles. The van der Waals surface area contributed by atoms with Crippen LogP contribution >= 0.6 is 0 Å². The van der Waals surface area contributed by atoms with Crippen LogP contribution in [0, 0.1) is 0 Å². The van der Waals surface area contributed by atoms with Crippen LogP contribution in [0.15, 0.2) is 72.8 Å². The molecule has 2 aliphatic heterocycles. The van der Waals surface area contributed by atoms with Gasteiger partial charge in [-0.1, -0.05) is 60.7 Å². The van der Waals surface area contributed by atoms with Gasteiger partial charge < -0.3 is 20.1 Å². The third-order valence-corrected chi connectivity index (χ3v) is 6.59. The van der Waals surface area contributed by atoms with Crippen molar-refractivity contribution >= 4 is 17.8 Å². The lowest BCUT2D eigenvalue weighted by Gasteiger charge is -2.25. The Morgan fingerprint density at radius 2 is 1.64 bits per heavy atom. The molecule has 2 atom stereocenters. The highest BCUT2D eigenvalue weighted by atomic mass is 16.6. The number of carbonyl (C=O) groups is 3. The second kappa shape index (κ2) is 9.37. The van der Waals surface area contributed by atoms with Gasteiger partial charge in [-0.25, -0.2) is 4.79 Å². The van der Waals surface area contributed by atoms with E-state index in [0.717, 1.165) is 21.6 Å². The van der Waals surface area contributed by atoms with E-state index in [4.69, 9.17) is 9.47 Å². The molecule has 0 aromatic heterocycles. The number of carbonyl (C=O) groups excluding carboxylic acids is 3. The summed E-state index contributed by atoms with van der Waals surface area (Å²) in [4.78, 5) is 39.7. The van der Waals surface area contributed by atoms with Crippen LogP contribution in [0.1, 0.15) is 31.0 Å². The molecule has 1 fully saturated rings. The normalized spacial score (nSPS) is 19.6. The minimum atomic E-state index is -1.31. The first-order chi connectivity index (χ1) is 17.3. The Bertz CT molecular complexity index is 1310. The Balaban J connectivity index is 1.24. The summed E-state index contributed by atoms with van der Waals surface area (Å²) in [5, 5.41) is 5.61. The molecule has 1 saturated heterocycles. The van der Waals surface area contributed by atoms with Crippen LogP contribution in [0.3, 0.4) is 0 Å². The van der Waals surface area contributed by atoms with E-state index >= 15 is 0 Å². The van der Waals surface area contributed by atoms with Gasteiger partial charge in [-0.3, -0.25) is 14.5 Å². The van der Waals surface area contributed by atoms with E-state index in [1.807, 2.05) is 61.5 Å². The first-order valence-electron chi connectivity index (χ1n) is 11.8. The van der Waals surface area contributed by atoms with Gasteiger partial charge in [0.25, 0.3) is 5.91 Å². The van der Waals surface area contributed by atoms with E-state index in [1.165, 1.54) is 0 Å². The molecule has 2 aliphatic rings. The van der Waals surface area contributed by atoms with Crippen molar-refractivity contribution in [2.75, 3.05) is 19.8 Å². The first kappa shape index (κ1) is 23.4. The molecule has 8 nitrogen and oxygen atoms in total. The van der Waals surface area contributed by atoms with Crippen LogP contribution in [0.4, 0.5) is 4.79 Å². The number of ether oxygens (including phenoxy) is 2. The van der Waals surface area contributed by atoms with Crippen LogP contribution in [0.25, 0.3) is 11.1 Å². The molecule has 36 heavy (non-hydrogen) atoms. The van der Waals surface area contributed by atoms with E-state index in [2.05, 4.69) is 10.6 Å². The van der Waals surface area contributed by atoms with Crippen molar-refractivity contribution in [3.8, 4) is 22.6 Å². The Morgan fingerprint density at radius 1 is 0.972 bits per heavy atom. The molecule has 0 saturated carbocycles. The second-order valence-electron chi connectivity index (χ2n) is 9.08. The number of nitrogens with zero attached hydrogens (tertiary/aromatic N) is 1. The molecule has 4 amide bonds. The van der Waals surface area contributed by atoms with Crippen molar-refractivity contribution in [3.05, 3.63) is 83.9 Å². The van der Waals surface area contributed by atoms with Gasteiger partial charge >= 0.3 is 6.03 Å². The zero-order valence-corrected chi connectivity index (χ0v) is 20.1. The van der Waals surface area contributed by atoms with Gasteiger partial charge in [0.1, 0.15) is 25.3 Å². The minimum Gasteiger partial charge on any atom is -0.486 e. The number of hydrogen-bond acceptors (Lipinski definition) is 5. The van der Waals surface area contributed by atoms with E-state index in [1.54, 1.807) is 25.1 Å². The van der Waals surface area contributed by atoms with Crippen molar-refractivity contribution in [1.29, 1.82) is 0 Å². The predicted molar refractivity (Wildman–Crippen MR) is 133 cm³/mol. The van der Waals surface area contributed by atoms with Crippen LogP contribution in [0.2, 0.25) is 0 Å². The lowest BCUT2D eigenvalue weighted by atomic mass is 9.91. The molecule has 5 rings (SSSR count). The fourth-order valence-corrected chi connectivity index (χ4v) is 4.50. The quantitative estimate of drug-likeness (QED) is 0.518. The largest absolute Gasteiger partial charge is 0.486 e. The van der Waals surface area contributed by atoms with Crippen molar-refractivity contribution in [2.24, 2.45) is 0 Å². The molecule has 0 bridgehead atoms. The summed E-state index contributed by atoms with van der Waals surface area (Å²) < 4.78 is 11.2. The highest BCUT2D eigenvalue weighted by Crippen LogP contribution is 2.36. The number of imide groups is 1. The Morgan fingerprint density at radius 3 is 2.36 bits per heavy atom. The SMILES string of the molecule is C[C@@H](NC(=O)CN1C(=O)N[C@@](C)(c2ccc3c(c2)OCCO3)C1=O)c1ccc(-c2ccccc2)cc1. The molecule has 2 heterocycles. The summed E-state index contributed by atoms with van der Waals surface area (Å²) >= 11 is 0. The highest BCUT2D eigenvalue weighted by molar-refractivity contribution is 6.09. The van der Waals surface area contributed by atoms with Gasteiger partial charge in [0.15, 0.2) is 11.5 Å². The van der Waals surface area contributed by atoms with Crippen molar-refractivity contribution in [1.82, 2.24) is 15.5 Å². The maximum absolute atomic E-state index is 13.3. The predicted octanol–water partition coefficient (Wildman–Crippen LogP) is 3.77. The Labute approximate surface area is 209 Å². The maximum Gasteiger partial charge on any atom is 0.325 e. The average molecular weight is 486 g/mol. The summed E-state index contributed by atoms with van der Waals surface area (Å²) in [5.74, 6) is 0.182. The topological polar surface area (TPSA) is 97.0 Å². The number of fused-ring (bicyclic) bond motifs is 1. The third kappa shape index (κ3) is 4.37. The maximum atomic E-state index is 13.3. The van der Waals surface area contributed by atoms with E-state index in [0.29, 0.717) is 30.3 Å². The molecular formula is C28H27N3O5. The average Bonchev–Trinajstić information content (AvgIpc) is 3.12. The van der Waals surface area contributed by atoms with Gasteiger partial charge in [0.05, 0.1) is 6.04 Å². The molecule has 184 valence electrons. The molecule has 3 aromatic carbocycles. The summed E-state index contributed by atoms with van der Waals surface area (Å²) in [5.41, 5.74) is 2.35. The van der Waals surface area contributed by atoms with E-state index in [-0.39, 0.29) is 12.6 Å². The van der Waals surface area contributed by atoms with Crippen LogP contribution < -0.4 is 20.1 Å². The second-order valence-corrected chi connectivity index (χ2v) is 9.08. The lowest BCUT2D eigenvalue weighted by Crippen LogP contribution is -2.43. The van der Waals surface area contributed by atoms with Crippen LogP contribution in [-0.4, -0.2) is 42.5 Å². The van der Waals surface area contributed by atoms with Gasteiger partial charge in [-0.2, -0.15) is 0 Å². The van der Waals surface area contributed by atoms with Gasteiger partial charge in [0.2, 0.25) is 5.91 Å². The van der Waals surface area contributed by atoms with Crippen molar-refractivity contribution in [3.63, 3.8) is 0 Å². The highest BCUT2D eigenvalue weighted by Gasteiger charge is 2.49. The molecule has 2 N–H and O–H groups in total. The van der Waals surface area contributed by atoms with Gasteiger partial charge in [-0.15, -0.1) is 0 Å². The van der Waals surface area contributed by atoms with Gasteiger partial charge in [-0.05, 0) is 48.2 Å². The fraction of sp³-hybridized carbons (Fsp3) is 0.250. The molecule has 8 heteroatoms. The fourth-order valence-electron chi connectivity index (χ4n) is 4.50. The Kier molecular flexibility index (Phi) is 6.10. The van der Waals surface area contributed by atoms with E-state index in [9.17, 15) is 14.4 Å². The molecular weight excluding hydrogens is 458 g/mol. The van der Waals surface area contributed by atoms with E-state index < -0.39 is 23.4 Å². The van der Waals surface area contributed by atoms with Crippen molar-refractivity contribution < 1.29 is 23.9 Å².